The molecule has 0 aliphatic carbocycles. The van der Waals surface area contributed by atoms with Gasteiger partial charge < -0.3 is 15.4 Å². The monoisotopic (exact) mass is 498 g/mol. The largest absolute Gasteiger partial charge is 0.491 e. The normalized spacial score (nSPS) is 11.0. The van der Waals surface area contributed by atoms with Crippen LogP contribution >= 0.6 is 24.0 Å². The fraction of sp³-hybridized carbons (Fsp3) is 0.350. The summed E-state index contributed by atoms with van der Waals surface area (Å²) in [5, 5.41) is 17.2. The fourth-order valence-electron chi connectivity index (χ4n) is 2.49. The number of halogens is 1. The van der Waals surface area contributed by atoms with E-state index in [2.05, 4.69) is 21.7 Å². The first-order valence-corrected chi connectivity index (χ1v) is 8.83. The summed E-state index contributed by atoms with van der Waals surface area (Å²) >= 11 is 0. The Balaban J connectivity index is 0.00000392. The first kappa shape index (κ1) is 23.7. The third kappa shape index (κ3) is 7.34. The van der Waals surface area contributed by atoms with Crippen LogP contribution in [0, 0.1) is 17.0 Å². The molecule has 0 fully saturated rings. The third-order valence-electron chi connectivity index (χ3n) is 3.86. The highest BCUT2D eigenvalue weighted by atomic mass is 127. The lowest BCUT2D eigenvalue weighted by Crippen LogP contribution is -2.36. The van der Waals surface area contributed by atoms with E-state index in [-0.39, 0.29) is 35.8 Å². The van der Waals surface area contributed by atoms with Gasteiger partial charge in [0.25, 0.3) is 5.69 Å². The lowest BCUT2D eigenvalue weighted by atomic mass is 10.1. The third-order valence-corrected chi connectivity index (χ3v) is 3.86. The van der Waals surface area contributed by atoms with Gasteiger partial charge in [0, 0.05) is 37.8 Å². The minimum Gasteiger partial charge on any atom is -0.491 e. The van der Waals surface area contributed by atoms with Crippen molar-refractivity contribution >= 4 is 35.6 Å². The van der Waals surface area contributed by atoms with Crippen molar-refractivity contribution in [1.82, 2.24) is 10.6 Å². The highest BCUT2D eigenvalue weighted by Gasteiger charge is 2.08. The van der Waals surface area contributed by atoms with E-state index >= 15 is 0 Å². The molecule has 2 N–H and O–H groups in total. The van der Waals surface area contributed by atoms with Gasteiger partial charge in [0.1, 0.15) is 5.75 Å². The molecule has 0 aliphatic rings. The van der Waals surface area contributed by atoms with E-state index in [9.17, 15) is 10.1 Å². The Morgan fingerprint density at radius 2 is 1.79 bits per heavy atom. The van der Waals surface area contributed by atoms with Crippen molar-refractivity contribution in [3.63, 3.8) is 0 Å². The van der Waals surface area contributed by atoms with Crippen LogP contribution in [0.1, 0.15) is 30.5 Å². The van der Waals surface area contributed by atoms with Crippen LogP contribution < -0.4 is 15.4 Å². The molecule has 0 radical (unpaired) electrons. The van der Waals surface area contributed by atoms with Gasteiger partial charge in [-0.1, -0.05) is 24.3 Å². The molecule has 0 saturated carbocycles. The first-order chi connectivity index (χ1) is 12.9. The summed E-state index contributed by atoms with van der Waals surface area (Å²) in [4.78, 5) is 14.5. The average Bonchev–Trinajstić information content (AvgIpc) is 2.63. The Kier molecular flexibility index (Phi) is 9.70. The molecule has 28 heavy (non-hydrogen) atoms. The van der Waals surface area contributed by atoms with Crippen molar-refractivity contribution in [2.24, 2.45) is 4.99 Å². The Morgan fingerprint density at radius 1 is 1.14 bits per heavy atom. The maximum atomic E-state index is 10.7. The number of aryl methyl sites for hydroxylation is 1. The zero-order valence-electron chi connectivity index (χ0n) is 16.6. The SMILES string of the molecule is CN=C(NCc1ccc([N+](=O)[O-])cc1)NCc1ccc(C)cc1OC(C)C.I. The molecular formula is C20H27IN4O3. The van der Waals surface area contributed by atoms with Crippen LogP contribution in [0.4, 0.5) is 5.69 Å². The minimum absolute atomic E-state index is 0. The lowest BCUT2D eigenvalue weighted by molar-refractivity contribution is -0.384. The second-order valence-corrected chi connectivity index (χ2v) is 6.48. The molecule has 2 aromatic carbocycles. The van der Waals surface area contributed by atoms with Gasteiger partial charge in [0.05, 0.1) is 11.0 Å². The minimum atomic E-state index is -0.407. The Morgan fingerprint density at radius 3 is 2.36 bits per heavy atom. The molecule has 0 unspecified atom stereocenters. The van der Waals surface area contributed by atoms with Gasteiger partial charge in [-0.2, -0.15) is 0 Å². The van der Waals surface area contributed by atoms with E-state index < -0.39 is 4.92 Å². The van der Waals surface area contributed by atoms with Crippen molar-refractivity contribution in [2.75, 3.05) is 7.05 Å². The Labute approximate surface area is 182 Å². The van der Waals surface area contributed by atoms with E-state index in [1.807, 2.05) is 32.9 Å². The number of nitrogens with zero attached hydrogens (tertiary/aromatic N) is 2. The molecule has 0 bridgehead atoms. The van der Waals surface area contributed by atoms with Gasteiger partial charge >= 0.3 is 0 Å². The summed E-state index contributed by atoms with van der Waals surface area (Å²) < 4.78 is 5.90. The molecule has 0 atom stereocenters. The second-order valence-electron chi connectivity index (χ2n) is 6.48. The van der Waals surface area contributed by atoms with Crippen LogP contribution in [0.25, 0.3) is 0 Å². The number of hydrogen-bond donors (Lipinski definition) is 2. The summed E-state index contributed by atoms with van der Waals surface area (Å²) in [6, 6.07) is 12.6. The Hall–Kier alpha value is -2.36. The molecule has 2 rings (SSSR count). The average molecular weight is 498 g/mol. The summed E-state index contributed by atoms with van der Waals surface area (Å²) in [6.45, 7) is 7.13. The van der Waals surface area contributed by atoms with Gasteiger partial charge in [0.2, 0.25) is 0 Å². The number of nitro groups is 1. The molecule has 7 nitrogen and oxygen atoms in total. The molecule has 152 valence electrons. The highest BCUT2D eigenvalue weighted by Crippen LogP contribution is 2.21. The van der Waals surface area contributed by atoms with E-state index in [1.54, 1.807) is 19.2 Å². The molecule has 0 aliphatic heterocycles. The van der Waals surface area contributed by atoms with Gasteiger partial charge in [-0.15, -0.1) is 24.0 Å². The molecule has 2 aromatic rings. The number of non-ortho nitro benzene ring substituents is 1. The van der Waals surface area contributed by atoms with Gasteiger partial charge in [-0.25, -0.2) is 0 Å². The van der Waals surface area contributed by atoms with E-state index in [0.717, 1.165) is 22.4 Å². The number of benzene rings is 2. The standard InChI is InChI=1S/C20H26N4O3.HI/c1-14(2)27-19-11-15(3)5-8-17(19)13-23-20(21-4)22-12-16-6-9-18(10-7-16)24(25)26;/h5-11,14H,12-13H2,1-4H3,(H2,21,22,23);1H. The second kappa shape index (κ2) is 11.5. The smallest absolute Gasteiger partial charge is 0.269 e. The molecule has 0 heterocycles. The van der Waals surface area contributed by atoms with Gasteiger partial charge in [0.15, 0.2) is 5.96 Å². The van der Waals surface area contributed by atoms with E-state index in [0.29, 0.717) is 19.0 Å². The molecule has 8 heteroatoms. The van der Waals surface area contributed by atoms with Crippen molar-refractivity contribution in [2.45, 2.75) is 40.0 Å². The van der Waals surface area contributed by atoms with Crippen LogP contribution in [-0.2, 0) is 13.1 Å². The summed E-state index contributed by atoms with van der Waals surface area (Å²) in [6.07, 6.45) is 0.102. The van der Waals surface area contributed by atoms with Crippen LogP contribution in [0.15, 0.2) is 47.5 Å². The predicted octanol–water partition coefficient (Wildman–Crippen LogP) is 4.17. The number of nitro benzene ring substituents is 1. The molecule has 0 aromatic heterocycles. The van der Waals surface area contributed by atoms with Crippen molar-refractivity contribution in [1.29, 1.82) is 0 Å². The molecular weight excluding hydrogens is 471 g/mol. The van der Waals surface area contributed by atoms with Crippen LogP contribution in [0.3, 0.4) is 0 Å². The molecule has 0 amide bonds. The zero-order valence-corrected chi connectivity index (χ0v) is 18.9. The van der Waals surface area contributed by atoms with Crippen molar-refractivity contribution in [3.8, 4) is 5.75 Å². The number of ether oxygens (including phenoxy) is 1. The maximum absolute atomic E-state index is 10.7. The summed E-state index contributed by atoms with van der Waals surface area (Å²) in [5.41, 5.74) is 3.21. The highest BCUT2D eigenvalue weighted by molar-refractivity contribution is 14.0. The lowest BCUT2D eigenvalue weighted by Gasteiger charge is -2.17. The number of nitrogens with one attached hydrogen (secondary N) is 2. The number of aliphatic imine (C=N–C) groups is 1. The van der Waals surface area contributed by atoms with E-state index in [4.69, 9.17) is 4.74 Å². The fourth-order valence-corrected chi connectivity index (χ4v) is 2.49. The quantitative estimate of drug-likeness (QED) is 0.197. The van der Waals surface area contributed by atoms with Crippen LogP contribution in [0.5, 0.6) is 5.75 Å². The van der Waals surface area contributed by atoms with Crippen LogP contribution in [-0.4, -0.2) is 24.0 Å². The number of guanidine groups is 1. The zero-order chi connectivity index (χ0) is 19.8. The summed E-state index contributed by atoms with van der Waals surface area (Å²) in [7, 11) is 1.70. The topological polar surface area (TPSA) is 88.8 Å². The number of rotatable bonds is 7. The molecule has 0 saturated heterocycles. The predicted molar refractivity (Wildman–Crippen MR) is 122 cm³/mol. The van der Waals surface area contributed by atoms with Crippen molar-refractivity contribution < 1.29 is 9.66 Å². The van der Waals surface area contributed by atoms with Crippen molar-refractivity contribution in [3.05, 3.63) is 69.3 Å². The first-order valence-electron chi connectivity index (χ1n) is 8.83. The van der Waals surface area contributed by atoms with Gasteiger partial charge in [-0.3, -0.25) is 15.1 Å². The van der Waals surface area contributed by atoms with Crippen LogP contribution in [0.2, 0.25) is 0 Å². The maximum Gasteiger partial charge on any atom is 0.269 e. The number of hydrogen-bond acceptors (Lipinski definition) is 4. The van der Waals surface area contributed by atoms with Gasteiger partial charge in [-0.05, 0) is 38.0 Å². The summed E-state index contributed by atoms with van der Waals surface area (Å²) in [5.74, 6) is 1.51. The Bertz CT molecular complexity index is 808. The van der Waals surface area contributed by atoms with E-state index in [1.165, 1.54) is 12.1 Å². The molecule has 0 spiro atoms.